The van der Waals surface area contributed by atoms with Crippen LogP contribution in [0.5, 0.6) is 11.5 Å². The average molecular weight is 333 g/mol. The van der Waals surface area contributed by atoms with Crippen molar-refractivity contribution in [3.8, 4) is 11.5 Å². The zero-order valence-corrected chi connectivity index (χ0v) is 13.4. The molecular weight excluding hydrogens is 310 g/mol. The number of fused-ring (bicyclic) bond motifs is 1. The van der Waals surface area contributed by atoms with Crippen LogP contribution in [0.1, 0.15) is 42.2 Å². The molecule has 2 heterocycles. The van der Waals surface area contributed by atoms with Gasteiger partial charge in [0.2, 0.25) is 0 Å². The molecule has 1 aromatic carbocycles. The van der Waals surface area contributed by atoms with Gasteiger partial charge < -0.3 is 25.3 Å². The zero-order chi connectivity index (χ0) is 17.1. The van der Waals surface area contributed by atoms with E-state index in [-0.39, 0.29) is 29.6 Å². The van der Waals surface area contributed by atoms with E-state index in [0.29, 0.717) is 24.2 Å². The number of allylic oxidation sites excluding steroid dienone is 3. The van der Waals surface area contributed by atoms with Crippen LogP contribution < -0.4 is 0 Å². The molecule has 6 nitrogen and oxygen atoms in total. The molecule has 1 aromatic rings. The van der Waals surface area contributed by atoms with Crippen LogP contribution in [0.15, 0.2) is 30.4 Å². The number of nitrogens with zero attached hydrogens (tertiary/aromatic N) is 1. The van der Waals surface area contributed by atoms with Gasteiger partial charge in [0.1, 0.15) is 11.5 Å². The van der Waals surface area contributed by atoms with Gasteiger partial charge in [-0.05, 0) is 31.2 Å². The lowest BCUT2D eigenvalue weighted by atomic mass is 9.89. The van der Waals surface area contributed by atoms with E-state index in [1.54, 1.807) is 0 Å². The molecule has 0 saturated carbocycles. The van der Waals surface area contributed by atoms with Crippen LogP contribution in [0.25, 0.3) is 0 Å². The van der Waals surface area contributed by atoms with Crippen LogP contribution in [-0.4, -0.2) is 38.2 Å². The van der Waals surface area contributed by atoms with Crippen molar-refractivity contribution in [2.45, 2.75) is 44.6 Å². The van der Waals surface area contributed by atoms with Gasteiger partial charge in [0, 0.05) is 11.6 Å². The monoisotopic (exact) mass is 333 g/mol. The molecule has 6 heteroatoms. The Balaban J connectivity index is 2.04. The third-order valence-electron chi connectivity index (χ3n) is 4.53. The SMILES string of the molecule is Oc1cc(O)c2c3c1CN(O)C(/C=C/C=C\CCCCOC2O)C3. The summed E-state index contributed by atoms with van der Waals surface area (Å²) in [4.78, 5) is 0. The zero-order valence-electron chi connectivity index (χ0n) is 13.4. The smallest absolute Gasteiger partial charge is 0.185 e. The Labute approximate surface area is 140 Å². The first-order chi connectivity index (χ1) is 11.6. The molecule has 0 spiro atoms. The van der Waals surface area contributed by atoms with Crippen LogP contribution in [0.3, 0.4) is 0 Å². The predicted octanol–water partition coefficient (Wildman–Crippen LogP) is 2.52. The third-order valence-corrected chi connectivity index (χ3v) is 4.53. The minimum absolute atomic E-state index is 0.0964. The number of hydrogen-bond acceptors (Lipinski definition) is 6. The second kappa shape index (κ2) is 7.36. The van der Waals surface area contributed by atoms with Gasteiger partial charge in [0.05, 0.1) is 24.8 Å². The first-order valence-corrected chi connectivity index (χ1v) is 8.23. The maximum Gasteiger partial charge on any atom is 0.185 e. The molecule has 130 valence electrons. The van der Waals surface area contributed by atoms with Crippen LogP contribution in [0, 0.1) is 0 Å². The van der Waals surface area contributed by atoms with E-state index in [1.165, 1.54) is 6.07 Å². The number of ether oxygens (including phenoxy) is 1. The summed E-state index contributed by atoms with van der Waals surface area (Å²) in [5.41, 5.74) is 1.41. The second-order valence-electron chi connectivity index (χ2n) is 6.19. The minimum Gasteiger partial charge on any atom is -0.507 e. The Bertz CT molecular complexity index is 655. The van der Waals surface area contributed by atoms with Crippen molar-refractivity contribution in [2.24, 2.45) is 0 Å². The lowest BCUT2D eigenvalue weighted by Gasteiger charge is -2.33. The van der Waals surface area contributed by atoms with E-state index in [0.717, 1.165) is 24.3 Å². The minimum atomic E-state index is -1.26. The van der Waals surface area contributed by atoms with Crippen molar-refractivity contribution in [3.05, 3.63) is 47.1 Å². The van der Waals surface area contributed by atoms with E-state index in [9.17, 15) is 20.5 Å². The molecule has 2 unspecified atom stereocenters. The number of phenolic OH excluding ortho intramolecular Hbond substituents is 2. The topological polar surface area (TPSA) is 93.4 Å². The first kappa shape index (κ1) is 17.0. The normalized spacial score (nSPS) is 28.1. The molecule has 2 bridgehead atoms. The number of benzene rings is 1. The summed E-state index contributed by atoms with van der Waals surface area (Å²) in [7, 11) is 0. The molecular formula is C18H23NO5. The summed E-state index contributed by atoms with van der Waals surface area (Å²) in [5.74, 6) is -0.291. The van der Waals surface area contributed by atoms with E-state index in [4.69, 9.17) is 4.74 Å². The highest BCUT2D eigenvalue weighted by Gasteiger charge is 2.31. The lowest BCUT2D eigenvalue weighted by molar-refractivity contribution is -0.129. The number of aromatic hydroxyl groups is 2. The predicted molar refractivity (Wildman–Crippen MR) is 87.6 cm³/mol. The van der Waals surface area contributed by atoms with Crippen molar-refractivity contribution in [3.63, 3.8) is 0 Å². The van der Waals surface area contributed by atoms with Gasteiger partial charge in [-0.25, -0.2) is 0 Å². The van der Waals surface area contributed by atoms with Crippen molar-refractivity contribution in [2.75, 3.05) is 6.61 Å². The third kappa shape index (κ3) is 3.47. The fraction of sp³-hybridized carbons (Fsp3) is 0.444. The Hall–Kier alpha value is -1.86. The number of rotatable bonds is 0. The summed E-state index contributed by atoms with van der Waals surface area (Å²) in [6.07, 6.45) is 9.51. The van der Waals surface area contributed by atoms with Gasteiger partial charge in [0.25, 0.3) is 0 Å². The molecule has 2 aliphatic heterocycles. The molecule has 3 rings (SSSR count). The summed E-state index contributed by atoms with van der Waals surface area (Å²) >= 11 is 0. The van der Waals surface area contributed by atoms with E-state index in [2.05, 4.69) is 6.08 Å². The molecule has 4 N–H and O–H groups in total. The Kier molecular flexibility index (Phi) is 5.20. The fourth-order valence-electron chi connectivity index (χ4n) is 3.22. The molecule has 0 fully saturated rings. The van der Waals surface area contributed by atoms with Crippen molar-refractivity contribution in [1.29, 1.82) is 0 Å². The molecule has 0 radical (unpaired) electrons. The molecule has 0 saturated heterocycles. The van der Waals surface area contributed by atoms with E-state index >= 15 is 0 Å². The van der Waals surface area contributed by atoms with Crippen LogP contribution >= 0.6 is 0 Å². The lowest BCUT2D eigenvalue weighted by Crippen LogP contribution is -2.37. The highest BCUT2D eigenvalue weighted by Crippen LogP contribution is 2.40. The van der Waals surface area contributed by atoms with Crippen LogP contribution in [0.4, 0.5) is 0 Å². The van der Waals surface area contributed by atoms with Gasteiger partial charge in [-0.15, -0.1) is 0 Å². The van der Waals surface area contributed by atoms with Gasteiger partial charge >= 0.3 is 0 Å². The largest absolute Gasteiger partial charge is 0.507 e. The number of aliphatic hydroxyl groups excluding tert-OH is 1. The van der Waals surface area contributed by atoms with Crippen LogP contribution in [-0.2, 0) is 17.7 Å². The molecule has 2 atom stereocenters. The summed E-state index contributed by atoms with van der Waals surface area (Å²) < 4.78 is 5.47. The van der Waals surface area contributed by atoms with Gasteiger partial charge in [-0.1, -0.05) is 24.3 Å². The second-order valence-corrected chi connectivity index (χ2v) is 6.19. The summed E-state index contributed by atoms with van der Waals surface area (Å²) in [5, 5.41) is 42.0. The van der Waals surface area contributed by atoms with Gasteiger partial charge in [0.15, 0.2) is 6.29 Å². The molecule has 0 aliphatic carbocycles. The Morgan fingerprint density at radius 1 is 1.08 bits per heavy atom. The van der Waals surface area contributed by atoms with Crippen molar-refractivity contribution in [1.82, 2.24) is 5.06 Å². The fourth-order valence-corrected chi connectivity index (χ4v) is 3.22. The standard InChI is InChI=1S/C18H23NO5/c20-15-10-16(21)17-13-9-12(19(23)11-14(13)15)7-5-3-1-2-4-6-8-24-18(17)22/h1,3,5,7,10,12,18,20-23H,2,4,6,8-9,11H2/b3-1-,7-5+. The summed E-state index contributed by atoms with van der Waals surface area (Å²) in [6, 6.07) is 0.883. The number of hydrogen-bond donors (Lipinski definition) is 4. The number of aliphatic hydroxyl groups is 1. The van der Waals surface area contributed by atoms with Crippen LogP contribution in [0.2, 0.25) is 0 Å². The maximum atomic E-state index is 10.4. The van der Waals surface area contributed by atoms with E-state index in [1.807, 2.05) is 18.2 Å². The van der Waals surface area contributed by atoms with Gasteiger partial charge in [-0.3, -0.25) is 0 Å². The molecule has 0 aromatic heterocycles. The first-order valence-electron chi connectivity index (χ1n) is 8.23. The molecule has 24 heavy (non-hydrogen) atoms. The summed E-state index contributed by atoms with van der Waals surface area (Å²) in [6.45, 7) is 0.495. The van der Waals surface area contributed by atoms with Crippen molar-refractivity contribution >= 4 is 0 Å². The Morgan fingerprint density at radius 3 is 2.75 bits per heavy atom. The van der Waals surface area contributed by atoms with E-state index < -0.39 is 6.29 Å². The highest BCUT2D eigenvalue weighted by molar-refractivity contribution is 5.54. The molecule has 2 aliphatic rings. The quantitative estimate of drug-likeness (QED) is 0.583. The average Bonchev–Trinajstić information content (AvgIpc) is 2.54. The number of phenols is 2. The molecule has 0 amide bonds. The highest BCUT2D eigenvalue weighted by atomic mass is 16.6. The maximum absolute atomic E-state index is 10.4. The number of hydroxylamine groups is 2. The van der Waals surface area contributed by atoms with Crippen molar-refractivity contribution < 1.29 is 25.3 Å². The van der Waals surface area contributed by atoms with Gasteiger partial charge in [-0.2, -0.15) is 5.06 Å². The Morgan fingerprint density at radius 2 is 1.92 bits per heavy atom.